The number of esters is 1. The summed E-state index contributed by atoms with van der Waals surface area (Å²) in [6.45, 7) is 6.02. The summed E-state index contributed by atoms with van der Waals surface area (Å²) in [7, 11) is 0. The highest BCUT2D eigenvalue weighted by Gasteiger charge is 2.03. The van der Waals surface area contributed by atoms with Crippen molar-refractivity contribution in [1.82, 2.24) is 4.98 Å². The molecule has 0 aliphatic rings. The monoisotopic (exact) mass is 209 g/mol. The van der Waals surface area contributed by atoms with Gasteiger partial charge in [-0.05, 0) is 13.8 Å². The third-order valence-corrected chi connectivity index (χ3v) is 1.83. The van der Waals surface area contributed by atoms with E-state index < -0.39 is 0 Å². The van der Waals surface area contributed by atoms with Gasteiger partial charge in [-0.25, -0.2) is 0 Å². The fourth-order valence-corrected chi connectivity index (χ4v) is 1.11. The van der Waals surface area contributed by atoms with Gasteiger partial charge in [-0.3, -0.25) is 9.78 Å². The molecule has 0 saturated carbocycles. The van der Waals surface area contributed by atoms with Crippen molar-refractivity contribution >= 4 is 5.97 Å². The third-order valence-electron chi connectivity index (χ3n) is 1.83. The SMILES string of the molecule is CCOc1cc(COC(C)=O)ncc1C. The maximum Gasteiger partial charge on any atom is 0.303 e. The van der Waals surface area contributed by atoms with Gasteiger partial charge >= 0.3 is 5.97 Å². The smallest absolute Gasteiger partial charge is 0.303 e. The average molecular weight is 209 g/mol. The van der Waals surface area contributed by atoms with E-state index in [2.05, 4.69) is 4.98 Å². The van der Waals surface area contributed by atoms with Crippen LogP contribution in [0.1, 0.15) is 25.1 Å². The molecule has 82 valence electrons. The van der Waals surface area contributed by atoms with Crippen LogP contribution in [0.4, 0.5) is 0 Å². The van der Waals surface area contributed by atoms with Crippen molar-refractivity contribution in [2.45, 2.75) is 27.4 Å². The molecule has 4 heteroatoms. The van der Waals surface area contributed by atoms with Crippen molar-refractivity contribution in [3.63, 3.8) is 0 Å². The first-order valence-corrected chi connectivity index (χ1v) is 4.85. The Morgan fingerprint density at radius 2 is 2.27 bits per heavy atom. The minimum atomic E-state index is -0.310. The van der Waals surface area contributed by atoms with E-state index in [9.17, 15) is 4.79 Å². The Balaban J connectivity index is 2.73. The number of aryl methyl sites for hydroxylation is 1. The number of aromatic nitrogens is 1. The third kappa shape index (κ3) is 3.58. The van der Waals surface area contributed by atoms with Gasteiger partial charge in [0, 0.05) is 24.8 Å². The normalized spacial score (nSPS) is 9.80. The minimum absolute atomic E-state index is 0.190. The summed E-state index contributed by atoms with van der Waals surface area (Å²) in [4.78, 5) is 14.7. The molecule has 0 bridgehead atoms. The molecule has 0 fully saturated rings. The quantitative estimate of drug-likeness (QED) is 0.710. The van der Waals surface area contributed by atoms with Gasteiger partial charge in [-0.2, -0.15) is 0 Å². The van der Waals surface area contributed by atoms with Crippen molar-refractivity contribution in [3.8, 4) is 5.75 Å². The molecule has 0 atom stereocenters. The Morgan fingerprint density at radius 3 is 2.87 bits per heavy atom. The number of ether oxygens (including phenoxy) is 2. The average Bonchev–Trinajstić information content (AvgIpc) is 2.19. The highest BCUT2D eigenvalue weighted by Crippen LogP contribution is 2.17. The predicted octanol–water partition coefficient (Wildman–Crippen LogP) is 1.85. The number of hydrogen-bond acceptors (Lipinski definition) is 4. The van der Waals surface area contributed by atoms with Crippen molar-refractivity contribution < 1.29 is 14.3 Å². The summed E-state index contributed by atoms with van der Waals surface area (Å²) >= 11 is 0. The lowest BCUT2D eigenvalue weighted by Gasteiger charge is -2.08. The van der Waals surface area contributed by atoms with E-state index in [1.807, 2.05) is 13.8 Å². The highest BCUT2D eigenvalue weighted by atomic mass is 16.5. The van der Waals surface area contributed by atoms with E-state index >= 15 is 0 Å². The van der Waals surface area contributed by atoms with Gasteiger partial charge in [0.15, 0.2) is 0 Å². The van der Waals surface area contributed by atoms with E-state index in [1.165, 1.54) is 6.92 Å². The van der Waals surface area contributed by atoms with Gasteiger partial charge < -0.3 is 9.47 Å². The maximum atomic E-state index is 10.6. The molecule has 0 unspecified atom stereocenters. The van der Waals surface area contributed by atoms with Crippen LogP contribution in [0.3, 0.4) is 0 Å². The van der Waals surface area contributed by atoms with Crippen LogP contribution in [0.15, 0.2) is 12.3 Å². The number of carbonyl (C=O) groups excluding carboxylic acids is 1. The van der Waals surface area contributed by atoms with E-state index in [1.54, 1.807) is 12.3 Å². The summed E-state index contributed by atoms with van der Waals surface area (Å²) in [6.07, 6.45) is 1.71. The van der Waals surface area contributed by atoms with Crippen molar-refractivity contribution in [2.75, 3.05) is 6.61 Å². The fraction of sp³-hybridized carbons (Fsp3) is 0.455. The number of nitrogens with zero attached hydrogens (tertiary/aromatic N) is 1. The van der Waals surface area contributed by atoms with Crippen LogP contribution in [0, 0.1) is 6.92 Å². The number of rotatable bonds is 4. The molecule has 0 aliphatic carbocycles. The summed E-state index contributed by atoms with van der Waals surface area (Å²) in [5.41, 5.74) is 1.67. The van der Waals surface area contributed by atoms with Crippen molar-refractivity contribution in [3.05, 3.63) is 23.5 Å². The number of hydrogen-bond donors (Lipinski definition) is 0. The van der Waals surface area contributed by atoms with Crippen LogP contribution in [0.5, 0.6) is 5.75 Å². The predicted molar refractivity (Wildman–Crippen MR) is 55.6 cm³/mol. The molecule has 0 amide bonds. The second-order valence-corrected chi connectivity index (χ2v) is 3.15. The van der Waals surface area contributed by atoms with Crippen molar-refractivity contribution in [2.24, 2.45) is 0 Å². The first-order chi connectivity index (χ1) is 7.13. The zero-order valence-electron chi connectivity index (χ0n) is 9.24. The Kier molecular flexibility index (Phi) is 4.09. The van der Waals surface area contributed by atoms with Crippen LogP contribution < -0.4 is 4.74 Å². The van der Waals surface area contributed by atoms with Crippen LogP contribution >= 0.6 is 0 Å². The summed E-state index contributed by atoms with van der Waals surface area (Å²) in [5, 5.41) is 0. The molecule has 0 saturated heterocycles. The first-order valence-electron chi connectivity index (χ1n) is 4.85. The molecule has 0 N–H and O–H groups in total. The maximum absolute atomic E-state index is 10.6. The topological polar surface area (TPSA) is 48.4 Å². The molecule has 1 aromatic rings. The second-order valence-electron chi connectivity index (χ2n) is 3.15. The fourth-order valence-electron chi connectivity index (χ4n) is 1.11. The van der Waals surface area contributed by atoms with E-state index in [-0.39, 0.29) is 12.6 Å². The van der Waals surface area contributed by atoms with Gasteiger partial charge in [-0.1, -0.05) is 0 Å². The first kappa shape index (κ1) is 11.5. The van der Waals surface area contributed by atoms with E-state index in [4.69, 9.17) is 9.47 Å². The van der Waals surface area contributed by atoms with Gasteiger partial charge in [0.05, 0.1) is 12.3 Å². The molecule has 0 spiro atoms. The Labute approximate surface area is 89.2 Å². The number of carbonyl (C=O) groups is 1. The Hall–Kier alpha value is -1.58. The lowest BCUT2D eigenvalue weighted by atomic mass is 10.2. The molecule has 1 aromatic heterocycles. The van der Waals surface area contributed by atoms with E-state index in [0.717, 1.165) is 11.3 Å². The van der Waals surface area contributed by atoms with Gasteiger partial charge in [0.2, 0.25) is 0 Å². The molecule has 1 heterocycles. The summed E-state index contributed by atoms with van der Waals surface area (Å²) in [5.74, 6) is 0.477. The molecule has 15 heavy (non-hydrogen) atoms. The molecular formula is C11H15NO3. The standard InChI is InChI=1S/C11H15NO3/c1-4-14-11-5-10(7-15-9(3)13)12-6-8(11)2/h5-6H,4,7H2,1-3H3. The van der Waals surface area contributed by atoms with Crippen molar-refractivity contribution in [1.29, 1.82) is 0 Å². The molecular weight excluding hydrogens is 194 g/mol. The van der Waals surface area contributed by atoms with Gasteiger partial charge in [-0.15, -0.1) is 0 Å². The molecule has 4 nitrogen and oxygen atoms in total. The molecule has 1 rings (SSSR count). The number of pyridine rings is 1. The zero-order valence-corrected chi connectivity index (χ0v) is 9.24. The Morgan fingerprint density at radius 1 is 1.53 bits per heavy atom. The zero-order chi connectivity index (χ0) is 11.3. The molecule has 0 aromatic carbocycles. The van der Waals surface area contributed by atoms with Gasteiger partial charge in [0.25, 0.3) is 0 Å². The molecule has 0 aliphatic heterocycles. The van der Waals surface area contributed by atoms with Crippen LogP contribution in [0.25, 0.3) is 0 Å². The lowest BCUT2D eigenvalue weighted by Crippen LogP contribution is -2.02. The van der Waals surface area contributed by atoms with Crippen LogP contribution in [0.2, 0.25) is 0 Å². The van der Waals surface area contributed by atoms with E-state index in [0.29, 0.717) is 12.3 Å². The Bertz CT molecular complexity index is 350. The van der Waals surface area contributed by atoms with Gasteiger partial charge in [0.1, 0.15) is 12.4 Å². The second kappa shape index (κ2) is 5.34. The minimum Gasteiger partial charge on any atom is -0.493 e. The largest absolute Gasteiger partial charge is 0.493 e. The highest BCUT2D eigenvalue weighted by molar-refractivity contribution is 5.65. The molecule has 0 radical (unpaired) electrons. The van der Waals surface area contributed by atoms with Crippen LogP contribution in [-0.2, 0) is 16.1 Å². The summed E-state index contributed by atoms with van der Waals surface area (Å²) < 4.78 is 10.2. The van der Waals surface area contributed by atoms with Crippen LogP contribution in [-0.4, -0.2) is 17.6 Å². The lowest BCUT2D eigenvalue weighted by molar-refractivity contribution is -0.142. The summed E-state index contributed by atoms with van der Waals surface area (Å²) in [6, 6.07) is 1.79.